The molecule has 0 aliphatic rings. The Bertz CT molecular complexity index is 1020. The maximum absolute atomic E-state index is 13.2. The fourth-order valence-corrected chi connectivity index (χ4v) is 1.47. The minimum absolute atomic E-state index is 0.595. The van der Waals surface area contributed by atoms with E-state index in [4.69, 9.17) is 30.7 Å². The first-order valence-electron chi connectivity index (χ1n) is 15.6. The summed E-state index contributed by atoms with van der Waals surface area (Å²) in [5, 5.41) is 3.35. The Labute approximate surface area is 204 Å². The molecule has 0 aromatic heterocycles. The maximum Gasteiger partial charge on any atom is 0.410 e. The topological polar surface area (TPSA) is 106 Å². The van der Waals surface area contributed by atoms with Gasteiger partial charge < -0.3 is 29.7 Å². The largest absolute Gasteiger partial charge is 0.444 e. The average Bonchev–Trinajstić information content (AvgIpc) is 2.67. The molecule has 31 heavy (non-hydrogen) atoms. The maximum atomic E-state index is 13.2. The van der Waals surface area contributed by atoms with Gasteiger partial charge in [-0.15, -0.1) is 0 Å². The standard InChI is InChI=1S/C22H43N3O6/c1-20(2,3)29-17(26)23-13-10-11-15-25(19(28)31-22(7,8)9)16-12-14-24-18(27)30-21(4,5)6/h10-16H2,1-9H3,(H,23,26)(H,24,27)/i10D2,11D2,12D,13D2,14D,15D2,16D2/t12-,14+/m1/s1. The molecule has 9 nitrogen and oxygen atoms in total. The number of ether oxygens (including phenoxy) is 3. The molecule has 0 heterocycles. The fraction of sp³-hybridized carbons (Fsp3) is 0.864. The number of hydrogen-bond acceptors (Lipinski definition) is 6. The van der Waals surface area contributed by atoms with Gasteiger partial charge >= 0.3 is 18.3 Å². The average molecular weight is 458 g/mol. The van der Waals surface area contributed by atoms with Crippen LogP contribution in [0.5, 0.6) is 0 Å². The molecule has 0 aliphatic heterocycles. The molecule has 0 saturated heterocycles. The molecule has 0 aliphatic carbocycles. The van der Waals surface area contributed by atoms with Crippen LogP contribution in [0.4, 0.5) is 14.4 Å². The Balaban J connectivity index is 6.90. The predicted octanol–water partition coefficient (Wildman–Crippen LogP) is 4.44. The molecule has 182 valence electrons. The van der Waals surface area contributed by atoms with Crippen molar-refractivity contribution in [1.82, 2.24) is 15.5 Å². The Morgan fingerprint density at radius 1 is 0.742 bits per heavy atom. The summed E-state index contributed by atoms with van der Waals surface area (Å²) >= 11 is 0. The van der Waals surface area contributed by atoms with Crippen molar-refractivity contribution >= 4 is 18.3 Å². The molecular weight excluding hydrogens is 402 g/mol. The van der Waals surface area contributed by atoms with Gasteiger partial charge in [-0.2, -0.15) is 0 Å². The highest BCUT2D eigenvalue weighted by Gasteiger charge is 2.22. The number of nitrogens with one attached hydrogen (secondary N) is 2. The molecule has 3 amide bonds. The van der Waals surface area contributed by atoms with Crippen LogP contribution in [0.15, 0.2) is 0 Å². The van der Waals surface area contributed by atoms with Gasteiger partial charge in [-0.05, 0) is 81.5 Å². The Kier molecular flexibility index (Phi) is 5.72. The second kappa shape index (κ2) is 12.6. The summed E-state index contributed by atoms with van der Waals surface area (Å²) < 4.78 is 115. The summed E-state index contributed by atoms with van der Waals surface area (Å²) in [5.74, 6) is 0. The second-order valence-corrected chi connectivity index (χ2v) is 9.04. The van der Waals surface area contributed by atoms with E-state index in [-0.39, 0.29) is 0 Å². The van der Waals surface area contributed by atoms with Gasteiger partial charge in [0.2, 0.25) is 0 Å². The van der Waals surface area contributed by atoms with Crippen molar-refractivity contribution in [2.24, 2.45) is 0 Å². The number of hydrogen-bond donors (Lipinski definition) is 2. The highest BCUT2D eigenvalue weighted by molar-refractivity contribution is 5.68. The van der Waals surface area contributed by atoms with Crippen LogP contribution >= 0.6 is 0 Å². The second-order valence-electron chi connectivity index (χ2n) is 9.04. The van der Waals surface area contributed by atoms with E-state index in [2.05, 4.69) is 0 Å². The van der Waals surface area contributed by atoms with E-state index in [0.717, 1.165) is 0 Å². The monoisotopic (exact) mass is 457 g/mol. The van der Waals surface area contributed by atoms with Crippen molar-refractivity contribution in [2.75, 3.05) is 26.0 Å². The molecule has 0 spiro atoms. The van der Waals surface area contributed by atoms with E-state index in [1.165, 1.54) is 67.6 Å². The van der Waals surface area contributed by atoms with Crippen LogP contribution in [0.1, 0.15) is 97.9 Å². The molecule has 9 heteroatoms. The predicted molar refractivity (Wildman–Crippen MR) is 120 cm³/mol. The summed E-state index contributed by atoms with van der Waals surface area (Å²) in [4.78, 5) is 37.0. The van der Waals surface area contributed by atoms with Gasteiger partial charge in [0.25, 0.3) is 0 Å². The summed E-state index contributed by atoms with van der Waals surface area (Å²) in [7, 11) is 0. The normalized spacial score (nSPS) is 22.1. The van der Waals surface area contributed by atoms with Crippen molar-refractivity contribution in [1.29, 1.82) is 0 Å². The fourth-order valence-electron chi connectivity index (χ4n) is 1.47. The van der Waals surface area contributed by atoms with E-state index < -0.39 is 85.1 Å². The minimum Gasteiger partial charge on any atom is -0.444 e. The third-order valence-electron chi connectivity index (χ3n) is 2.32. The third kappa shape index (κ3) is 18.3. The quantitative estimate of drug-likeness (QED) is 0.496. The molecule has 0 bridgehead atoms. The first-order chi connectivity index (χ1) is 18.5. The lowest BCUT2D eigenvalue weighted by atomic mass is 10.2. The van der Waals surface area contributed by atoms with E-state index >= 15 is 0 Å². The number of amides is 3. The number of alkyl carbamates (subject to hydrolysis) is 2. The lowest BCUT2D eigenvalue weighted by Crippen LogP contribution is -2.40. The summed E-state index contributed by atoms with van der Waals surface area (Å²) in [6, 6.07) is 0. The van der Waals surface area contributed by atoms with E-state index in [0.29, 0.717) is 0 Å². The van der Waals surface area contributed by atoms with Gasteiger partial charge in [0, 0.05) is 42.5 Å². The Hall–Kier alpha value is -2.19. The number of carbonyl (C=O) groups is 3. The van der Waals surface area contributed by atoms with Gasteiger partial charge in [0.05, 0.1) is 0 Å². The van der Waals surface area contributed by atoms with Crippen LogP contribution in [-0.2, 0) is 14.2 Å². The molecule has 0 radical (unpaired) electrons. The number of nitrogens with zero attached hydrogens (tertiary/aromatic N) is 1. The summed E-state index contributed by atoms with van der Waals surface area (Å²) in [5.41, 5.74) is -3.71. The third-order valence-corrected chi connectivity index (χ3v) is 2.32. The van der Waals surface area contributed by atoms with Crippen LogP contribution in [0.25, 0.3) is 0 Å². The SMILES string of the molecule is [2H][C@H](NC(=O)OC(C)(C)C)[C@@H]([2H])C([2H])([2H])N(C(=O)OC(C)(C)C)C([2H])([2H])C([2H])([2H])C([2H])([2H])C([2H])([2H])NC(=O)OC(C)(C)C. The van der Waals surface area contributed by atoms with Crippen LogP contribution < -0.4 is 10.6 Å². The van der Waals surface area contributed by atoms with Crippen LogP contribution in [0.2, 0.25) is 0 Å². The first kappa shape index (κ1) is 14.1. The first-order valence-corrected chi connectivity index (χ1v) is 9.42. The van der Waals surface area contributed by atoms with E-state index in [1.807, 2.05) is 5.32 Å². The van der Waals surface area contributed by atoms with Crippen molar-refractivity contribution in [3.8, 4) is 0 Å². The van der Waals surface area contributed by atoms with Crippen LogP contribution in [0, 0.1) is 0 Å². The van der Waals surface area contributed by atoms with Crippen molar-refractivity contribution in [3.05, 3.63) is 0 Å². The van der Waals surface area contributed by atoms with Gasteiger partial charge in [-0.3, -0.25) is 0 Å². The van der Waals surface area contributed by atoms with Crippen molar-refractivity contribution < 1.29 is 45.0 Å². The van der Waals surface area contributed by atoms with Crippen LogP contribution in [-0.4, -0.2) is 66.0 Å². The van der Waals surface area contributed by atoms with Gasteiger partial charge in [0.1, 0.15) is 16.8 Å². The lowest BCUT2D eigenvalue weighted by Gasteiger charge is -2.27. The minimum atomic E-state index is -4.22. The zero-order valence-electron chi connectivity index (χ0n) is 31.6. The smallest absolute Gasteiger partial charge is 0.410 e. The van der Waals surface area contributed by atoms with Gasteiger partial charge in [0.15, 0.2) is 0 Å². The highest BCUT2D eigenvalue weighted by atomic mass is 16.6. The zero-order chi connectivity index (χ0) is 35.0. The highest BCUT2D eigenvalue weighted by Crippen LogP contribution is 2.11. The van der Waals surface area contributed by atoms with E-state index in [1.54, 1.807) is 0 Å². The van der Waals surface area contributed by atoms with Crippen LogP contribution in [0.3, 0.4) is 0 Å². The molecule has 0 unspecified atom stereocenters. The summed E-state index contributed by atoms with van der Waals surface area (Å²) in [6.45, 7) is -1.39. The zero-order valence-corrected chi connectivity index (χ0v) is 19.6. The molecule has 0 aromatic rings. The van der Waals surface area contributed by atoms with Crippen molar-refractivity contribution in [3.63, 3.8) is 0 Å². The number of carbonyl (C=O) groups excluding carboxylic acids is 3. The van der Waals surface area contributed by atoms with E-state index in [9.17, 15) is 14.4 Å². The molecular formula is C22H43N3O6. The van der Waals surface area contributed by atoms with Gasteiger partial charge in [-0.25, -0.2) is 14.4 Å². The molecule has 0 fully saturated rings. The number of rotatable bonds is 9. The molecule has 2 atom stereocenters. The Morgan fingerprint density at radius 3 is 1.71 bits per heavy atom. The van der Waals surface area contributed by atoms with Gasteiger partial charge in [-0.1, -0.05) is 0 Å². The Morgan fingerprint density at radius 2 is 1.23 bits per heavy atom. The van der Waals surface area contributed by atoms with Crippen molar-refractivity contribution in [2.45, 2.75) is 98.3 Å². The molecule has 2 N–H and O–H groups in total. The summed E-state index contributed by atoms with van der Waals surface area (Å²) in [6.07, 6.45) is -15.6. The molecule has 0 aromatic carbocycles. The lowest BCUT2D eigenvalue weighted by molar-refractivity contribution is 0.0243. The molecule has 0 saturated carbocycles. The molecule has 0 rings (SSSR count).